The first-order valence-electron chi connectivity index (χ1n) is 12.3. The molecule has 2 aromatic carbocycles. The lowest BCUT2D eigenvalue weighted by atomic mass is 9.84. The Morgan fingerprint density at radius 2 is 1.64 bits per heavy atom. The van der Waals surface area contributed by atoms with Crippen molar-refractivity contribution in [2.45, 2.75) is 6.04 Å². The number of carbonyl (C=O) groups is 3. The minimum Gasteiger partial charge on any atom is -0.454 e. The summed E-state index contributed by atoms with van der Waals surface area (Å²) in [5, 5.41) is 1.59. The van der Waals surface area contributed by atoms with Gasteiger partial charge in [0.1, 0.15) is 0 Å². The Morgan fingerprint density at radius 1 is 0.917 bits per heavy atom. The summed E-state index contributed by atoms with van der Waals surface area (Å²) in [6, 6.07) is 14.4. The number of ether oxygens (including phenoxy) is 2. The molecule has 4 heterocycles. The minimum absolute atomic E-state index is 0.00491. The third-order valence-corrected chi connectivity index (χ3v) is 7.53. The van der Waals surface area contributed by atoms with Crippen molar-refractivity contribution in [3.05, 3.63) is 54.1 Å². The normalized spacial score (nSPS) is 25.8. The van der Waals surface area contributed by atoms with Gasteiger partial charge in [-0.15, -0.1) is 0 Å². The predicted octanol–water partition coefficient (Wildman–Crippen LogP) is 0.798. The number of anilines is 1. The Bertz CT molecular complexity index is 1180. The lowest BCUT2D eigenvalue weighted by Crippen LogP contribution is -2.59. The molecule has 0 aromatic heterocycles. The van der Waals surface area contributed by atoms with Gasteiger partial charge in [0.2, 0.25) is 18.6 Å². The van der Waals surface area contributed by atoms with Crippen LogP contribution >= 0.6 is 0 Å². The van der Waals surface area contributed by atoms with Gasteiger partial charge in [-0.1, -0.05) is 18.2 Å². The molecule has 1 N–H and O–H groups in total. The highest BCUT2D eigenvalue weighted by Gasteiger charge is 2.51. The maximum absolute atomic E-state index is 13.7. The van der Waals surface area contributed by atoms with Gasteiger partial charge in [-0.25, -0.2) is 10.4 Å². The van der Waals surface area contributed by atoms with Crippen molar-refractivity contribution in [1.29, 1.82) is 0 Å². The number of nitrogens with one attached hydrogen (secondary N) is 1. The fraction of sp³-hybridized carbons (Fsp3) is 0.423. The number of benzene rings is 2. The summed E-state index contributed by atoms with van der Waals surface area (Å²) < 4.78 is 10.7. The van der Waals surface area contributed by atoms with Crippen LogP contribution in [0.4, 0.5) is 5.69 Å². The molecule has 10 nitrogen and oxygen atoms in total. The van der Waals surface area contributed by atoms with Gasteiger partial charge < -0.3 is 24.2 Å². The SMILES string of the molecule is CN1CC(C(=O)N2CCN(C(=O)c3ccc4c(c3)OCO4)CC2)C2NN(c3ccccc3)C(=O)C2C1. The first-order chi connectivity index (χ1) is 17.5. The molecular formula is C26H29N5O5. The molecule has 6 rings (SSSR count). The number of hydrogen-bond donors (Lipinski definition) is 1. The van der Waals surface area contributed by atoms with Crippen molar-refractivity contribution in [2.24, 2.45) is 11.8 Å². The zero-order valence-corrected chi connectivity index (χ0v) is 20.1. The molecule has 3 saturated heterocycles. The monoisotopic (exact) mass is 491 g/mol. The van der Waals surface area contributed by atoms with E-state index in [1.54, 1.807) is 28.1 Å². The molecule has 2 aromatic rings. The predicted molar refractivity (Wildman–Crippen MR) is 130 cm³/mol. The average molecular weight is 492 g/mol. The highest BCUT2D eigenvalue weighted by Crippen LogP contribution is 2.34. The van der Waals surface area contributed by atoms with E-state index in [9.17, 15) is 14.4 Å². The number of fused-ring (bicyclic) bond motifs is 2. The number of hydrazine groups is 1. The number of amides is 3. The second-order valence-electron chi connectivity index (χ2n) is 9.78. The van der Waals surface area contributed by atoms with Crippen molar-refractivity contribution in [3.63, 3.8) is 0 Å². The van der Waals surface area contributed by atoms with Crippen LogP contribution in [0.3, 0.4) is 0 Å². The van der Waals surface area contributed by atoms with E-state index in [4.69, 9.17) is 9.47 Å². The van der Waals surface area contributed by atoms with E-state index in [1.165, 1.54) is 0 Å². The van der Waals surface area contributed by atoms with Crippen LogP contribution < -0.4 is 19.9 Å². The van der Waals surface area contributed by atoms with Crippen LogP contribution in [-0.4, -0.2) is 91.6 Å². The summed E-state index contributed by atoms with van der Waals surface area (Å²) in [7, 11) is 1.96. The molecule has 3 fully saturated rings. The molecule has 0 saturated carbocycles. The fourth-order valence-corrected chi connectivity index (χ4v) is 5.63. The van der Waals surface area contributed by atoms with Crippen LogP contribution in [0.25, 0.3) is 0 Å². The number of piperidine rings is 1. The van der Waals surface area contributed by atoms with E-state index >= 15 is 0 Å². The molecule has 0 radical (unpaired) electrons. The molecule has 0 spiro atoms. The second kappa shape index (κ2) is 9.11. The van der Waals surface area contributed by atoms with Crippen LogP contribution in [0, 0.1) is 11.8 Å². The number of piperazine rings is 1. The van der Waals surface area contributed by atoms with Crippen LogP contribution in [-0.2, 0) is 9.59 Å². The number of para-hydroxylation sites is 1. The Labute approximate surface area is 209 Å². The van der Waals surface area contributed by atoms with Crippen molar-refractivity contribution >= 4 is 23.4 Å². The van der Waals surface area contributed by atoms with Crippen molar-refractivity contribution in [2.75, 3.05) is 58.1 Å². The van der Waals surface area contributed by atoms with E-state index in [1.807, 2.05) is 42.3 Å². The molecule has 0 aliphatic carbocycles. The van der Waals surface area contributed by atoms with Crippen LogP contribution in [0.15, 0.2) is 48.5 Å². The first kappa shape index (κ1) is 22.8. The van der Waals surface area contributed by atoms with Gasteiger partial charge in [-0.2, -0.15) is 0 Å². The molecule has 0 bridgehead atoms. The number of likely N-dealkylation sites (tertiary alicyclic amines) is 1. The lowest BCUT2D eigenvalue weighted by Gasteiger charge is -2.41. The molecule has 4 aliphatic rings. The van der Waals surface area contributed by atoms with Gasteiger partial charge in [0.15, 0.2) is 11.5 Å². The highest BCUT2D eigenvalue weighted by molar-refractivity contribution is 5.98. The van der Waals surface area contributed by atoms with E-state index < -0.39 is 0 Å². The standard InChI is InChI=1S/C26H29N5O5/c1-28-14-19(23-20(15-28)26(34)31(27-23)18-5-3-2-4-6-18)25(33)30-11-9-29(10-12-30)24(32)17-7-8-21-22(13-17)36-16-35-21/h2-8,13,19-20,23,27H,9-12,14-16H2,1H3. The molecule has 10 heteroatoms. The van der Waals surface area contributed by atoms with E-state index in [2.05, 4.69) is 10.3 Å². The van der Waals surface area contributed by atoms with Crippen molar-refractivity contribution < 1.29 is 23.9 Å². The zero-order valence-electron chi connectivity index (χ0n) is 20.1. The summed E-state index contributed by atoms with van der Waals surface area (Å²) in [4.78, 5) is 45.6. The molecule has 3 atom stereocenters. The topological polar surface area (TPSA) is 94.7 Å². The molecule has 3 unspecified atom stereocenters. The van der Waals surface area contributed by atoms with Gasteiger partial charge in [0, 0.05) is 44.8 Å². The first-order valence-corrected chi connectivity index (χ1v) is 12.3. The molecule has 188 valence electrons. The van der Waals surface area contributed by atoms with Crippen LogP contribution in [0.5, 0.6) is 11.5 Å². The molecule has 4 aliphatic heterocycles. The van der Waals surface area contributed by atoms with Gasteiger partial charge >= 0.3 is 0 Å². The highest BCUT2D eigenvalue weighted by atomic mass is 16.7. The molecule has 36 heavy (non-hydrogen) atoms. The Balaban J connectivity index is 1.12. The van der Waals surface area contributed by atoms with Crippen LogP contribution in [0.2, 0.25) is 0 Å². The summed E-state index contributed by atoms with van der Waals surface area (Å²) in [6.07, 6.45) is 0. The number of rotatable bonds is 3. The summed E-state index contributed by atoms with van der Waals surface area (Å²) in [5.41, 5.74) is 4.67. The lowest BCUT2D eigenvalue weighted by molar-refractivity contribution is -0.140. The van der Waals surface area contributed by atoms with Gasteiger partial charge in [0.05, 0.1) is 23.6 Å². The quantitative estimate of drug-likeness (QED) is 0.679. The maximum Gasteiger partial charge on any atom is 0.254 e. The third-order valence-electron chi connectivity index (χ3n) is 7.53. The smallest absolute Gasteiger partial charge is 0.254 e. The minimum atomic E-state index is -0.345. The number of carbonyl (C=O) groups excluding carboxylic acids is 3. The van der Waals surface area contributed by atoms with Crippen LogP contribution in [0.1, 0.15) is 10.4 Å². The molecule has 3 amide bonds. The zero-order chi connectivity index (χ0) is 24.8. The Morgan fingerprint density at radius 3 is 2.42 bits per heavy atom. The third kappa shape index (κ3) is 3.96. The largest absolute Gasteiger partial charge is 0.454 e. The second-order valence-corrected chi connectivity index (χ2v) is 9.78. The van der Waals surface area contributed by atoms with E-state index in [0.717, 1.165) is 5.69 Å². The average Bonchev–Trinajstić information content (AvgIpc) is 3.52. The molecular weight excluding hydrogens is 462 g/mol. The van der Waals surface area contributed by atoms with Gasteiger partial charge in [-0.05, 0) is 37.4 Å². The summed E-state index contributed by atoms with van der Waals surface area (Å²) in [5.74, 6) is 0.529. The summed E-state index contributed by atoms with van der Waals surface area (Å²) in [6.45, 7) is 3.19. The van der Waals surface area contributed by atoms with Crippen molar-refractivity contribution in [3.8, 4) is 11.5 Å². The van der Waals surface area contributed by atoms with Gasteiger partial charge in [-0.3, -0.25) is 14.4 Å². The maximum atomic E-state index is 13.7. The number of hydrogen-bond acceptors (Lipinski definition) is 7. The van der Waals surface area contributed by atoms with Gasteiger partial charge in [0.25, 0.3) is 5.91 Å². The van der Waals surface area contributed by atoms with Crippen molar-refractivity contribution in [1.82, 2.24) is 20.1 Å². The van der Waals surface area contributed by atoms with E-state index in [0.29, 0.717) is 56.3 Å². The fourth-order valence-electron chi connectivity index (χ4n) is 5.63. The van der Waals surface area contributed by atoms with E-state index in [-0.39, 0.29) is 42.4 Å². The summed E-state index contributed by atoms with van der Waals surface area (Å²) >= 11 is 0. The number of nitrogens with zero attached hydrogens (tertiary/aromatic N) is 4. The Hall–Kier alpha value is -3.63. The Kier molecular flexibility index (Phi) is 5.77.